The van der Waals surface area contributed by atoms with Crippen molar-refractivity contribution < 1.29 is 19.4 Å². The normalized spacial score (nSPS) is 12.1. The highest BCUT2D eigenvalue weighted by atomic mass is 32.2. The maximum atomic E-state index is 11.6. The van der Waals surface area contributed by atoms with Gasteiger partial charge in [0.25, 0.3) is 0 Å². The second-order valence-electron chi connectivity index (χ2n) is 6.07. The number of rotatable bonds is 17. The van der Waals surface area contributed by atoms with E-state index < -0.39 is 12.0 Å². The van der Waals surface area contributed by atoms with Crippen LogP contribution in [0.3, 0.4) is 0 Å². The molecule has 0 aliphatic heterocycles. The number of ether oxygens (including phenoxy) is 1. The minimum atomic E-state index is -0.864. The zero-order valence-electron chi connectivity index (χ0n) is 15.3. The molecule has 0 saturated carbocycles. The molecular weight excluding hydrogens is 326 g/mol. The highest BCUT2D eigenvalue weighted by Crippen LogP contribution is 2.08. The van der Waals surface area contributed by atoms with E-state index in [4.69, 9.17) is 9.84 Å². The van der Waals surface area contributed by atoms with Crippen molar-refractivity contribution >= 4 is 23.7 Å². The van der Waals surface area contributed by atoms with Gasteiger partial charge in [0.05, 0.1) is 13.0 Å². The monoisotopic (exact) mass is 361 g/mol. The molecule has 142 valence electrons. The van der Waals surface area contributed by atoms with Crippen LogP contribution in [0.1, 0.15) is 71.1 Å². The number of nitrogens with one attached hydrogen (secondary N) is 1. The maximum absolute atomic E-state index is 11.6. The number of hydrogen-bond donors (Lipinski definition) is 2. The molecule has 0 saturated heterocycles. The van der Waals surface area contributed by atoms with Crippen molar-refractivity contribution in [2.45, 2.75) is 77.2 Å². The predicted molar refractivity (Wildman–Crippen MR) is 101 cm³/mol. The summed E-state index contributed by atoms with van der Waals surface area (Å²) in [5.74, 6) is -0.330. The number of carboxylic acid groups (broad SMARTS) is 1. The van der Waals surface area contributed by atoms with Crippen LogP contribution in [0, 0.1) is 0 Å². The summed E-state index contributed by atoms with van der Waals surface area (Å²) in [4.78, 5) is 22.7. The van der Waals surface area contributed by atoms with E-state index >= 15 is 0 Å². The highest BCUT2D eigenvalue weighted by Gasteiger charge is 2.16. The van der Waals surface area contributed by atoms with Crippen LogP contribution in [0.2, 0.25) is 0 Å². The Morgan fingerprint density at radius 3 is 2.29 bits per heavy atom. The molecule has 0 spiro atoms. The van der Waals surface area contributed by atoms with Crippen molar-refractivity contribution in [3.8, 4) is 0 Å². The fourth-order valence-electron chi connectivity index (χ4n) is 2.39. The number of aliphatic carboxylic acids is 1. The van der Waals surface area contributed by atoms with Crippen LogP contribution in [0.5, 0.6) is 0 Å². The van der Waals surface area contributed by atoms with Crippen LogP contribution in [0.15, 0.2) is 0 Å². The Kier molecular flexibility index (Phi) is 16.6. The molecule has 0 aliphatic rings. The molecule has 0 radical (unpaired) electrons. The molecule has 0 aromatic rings. The van der Waals surface area contributed by atoms with Gasteiger partial charge in [0, 0.05) is 6.54 Å². The van der Waals surface area contributed by atoms with Crippen molar-refractivity contribution in [2.75, 3.05) is 25.2 Å². The van der Waals surface area contributed by atoms with Crippen molar-refractivity contribution in [3.63, 3.8) is 0 Å². The molecule has 0 rings (SSSR count). The first kappa shape index (κ1) is 23.2. The first-order valence-electron chi connectivity index (χ1n) is 9.22. The van der Waals surface area contributed by atoms with E-state index in [1.165, 1.54) is 38.5 Å². The topological polar surface area (TPSA) is 75.6 Å². The van der Waals surface area contributed by atoms with Gasteiger partial charge in [-0.05, 0) is 24.9 Å². The van der Waals surface area contributed by atoms with Crippen LogP contribution in [-0.2, 0) is 14.3 Å². The van der Waals surface area contributed by atoms with Crippen LogP contribution in [-0.4, -0.2) is 48.2 Å². The van der Waals surface area contributed by atoms with Crippen molar-refractivity contribution in [1.82, 2.24) is 5.32 Å². The Labute approximate surface area is 151 Å². The molecule has 1 atom stereocenters. The third-order valence-electron chi connectivity index (χ3n) is 3.89. The SMILES string of the molecule is CCCCCCCCCCOC(=O)CCN[C@@H](CCSC)C(=O)O. The molecule has 0 amide bonds. The van der Waals surface area contributed by atoms with Crippen molar-refractivity contribution in [3.05, 3.63) is 0 Å². The van der Waals surface area contributed by atoms with Gasteiger partial charge in [-0.25, -0.2) is 0 Å². The lowest BCUT2D eigenvalue weighted by molar-refractivity contribution is -0.144. The second-order valence-corrected chi connectivity index (χ2v) is 7.06. The fourth-order valence-corrected chi connectivity index (χ4v) is 2.86. The van der Waals surface area contributed by atoms with E-state index in [-0.39, 0.29) is 12.4 Å². The van der Waals surface area contributed by atoms with Gasteiger partial charge in [-0.15, -0.1) is 0 Å². The smallest absolute Gasteiger partial charge is 0.320 e. The third-order valence-corrected chi connectivity index (χ3v) is 4.53. The number of thioether (sulfide) groups is 1. The van der Waals surface area contributed by atoms with Gasteiger partial charge in [-0.1, -0.05) is 51.9 Å². The van der Waals surface area contributed by atoms with Crippen LogP contribution in [0.25, 0.3) is 0 Å². The van der Waals surface area contributed by atoms with E-state index in [9.17, 15) is 9.59 Å². The summed E-state index contributed by atoms with van der Waals surface area (Å²) in [6.45, 7) is 3.04. The van der Waals surface area contributed by atoms with Crippen molar-refractivity contribution in [1.29, 1.82) is 0 Å². The lowest BCUT2D eigenvalue weighted by Gasteiger charge is -2.13. The van der Waals surface area contributed by atoms with Gasteiger partial charge in [0.15, 0.2) is 0 Å². The molecule has 5 nitrogen and oxygen atoms in total. The Morgan fingerprint density at radius 2 is 1.71 bits per heavy atom. The average Bonchev–Trinajstić information content (AvgIpc) is 2.56. The lowest BCUT2D eigenvalue weighted by Crippen LogP contribution is -2.38. The largest absolute Gasteiger partial charge is 0.480 e. The summed E-state index contributed by atoms with van der Waals surface area (Å²) < 4.78 is 5.18. The van der Waals surface area contributed by atoms with Gasteiger partial charge in [0.1, 0.15) is 6.04 Å². The molecule has 0 fully saturated rings. The summed E-state index contributed by atoms with van der Waals surface area (Å²) >= 11 is 1.61. The molecule has 0 aromatic carbocycles. The summed E-state index contributed by atoms with van der Waals surface area (Å²) in [6.07, 6.45) is 12.5. The quantitative estimate of drug-likeness (QED) is 0.303. The molecule has 0 aromatic heterocycles. The minimum absolute atomic E-state index is 0.222. The fraction of sp³-hybridized carbons (Fsp3) is 0.889. The summed E-state index contributed by atoms with van der Waals surface area (Å²) in [5, 5.41) is 12.0. The van der Waals surface area contributed by atoms with Gasteiger partial charge < -0.3 is 15.2 Å². The molecule has 0 heterocycles. The number of carbonyl (C=O) groups excluding carboxylic acids is 1. The maximum Gasteiger partial charge on any atom is 0.320 e. The lowest BCUT2D eigenvalue weighted by atomic mass is 10.1. The van der Waals surface area contributed by atoms with Crippen molar-refractivity contribution in [2.24, 2.45) is 0 Å². The van der Waals surface area contributed by atoms with Crippen LogP contribution >= 0.6 is 11.8 Å². The molecule has 2 N–H and O–H groups in total. The summed E-state index contributed by atoms with van der Waals surface area (Å²) in [5.41, 5.74) is 0. The Hall–Kier alpha value is -0.750. The second kappa shape index (κ2) is 17.1. The van der Waals surface area contributed by atoms with Crippen LogP contribution in [0.4, 0.5) is 0 Å². The van der Waals surface area contributed by atoms with E-state index in [0.717, 1.165) is 18.6 Å². The standard InChI is InChI=1S/C18H35NO4S/c1-3-4-5-6-7-8-9-10-14-23-17(20)11-13-19-16(18(21)22)12-15-24-2/h16,19H,3-15H2,1-2H3,(H,21,22)/t16-/m0/s1. The first-order valence-corrected chi connectivity index (χ1v) is 10.6. The molecule has 24 heavy (non-hydrogen) atoms. The first-order chi connectivity index (χ1) is 11.6. The van der Waals surface area contributed by atoms with E-state index in [2.05, 4.69) is 12.2 Å². The molecule has 0 aliphatic carbocycles. The Balaban J connectivity index is 3.50. The van der Waals surface area contributed by atoms with E-state index in [1.54, 1.807) is 11.8 Å². The van der Waals surface area contributed by atoms with E-state index in [1.807, 2.05) is 6.26 Å². The summed E-state index contributed by atoms with van der Waals surface area (Å²) in [6, 6.07) is -0.585. The molecular formula is C18H35NO4S. The zero-order valence-corrected chi connectivity index (χ0v) is 16.2. The average molecular weight is 362 g/mol. The molecule has 0 bridgehead atoms. The van der Waals surface area contributed by atoms with Gasteiger partial charge >= 0.3 is 11.9 Å². The van der Waals surface area contributed by atoms with Gasteiger partial charge in [0.2, 0.25) is 0 Å². The number of carboxylic acids is 1. The molecule has 0 unspecified atom stereocenters. The third kappa shape index (κ3) is 14.8. The number of carbonyl (C=O) groups is 2. The number of unbranched alkanes of at least 4 members (excludes halogenated alkanes) is 7. The molecule has 6 heteroatoms. The van der Waals surface area contributed by atoms with Crippen LogP contribution < -0.4 is 5.32 Å². The highest BCUT2D eigenvalue weighted by molar-refractivity contribution is 7.98. The predicted octanol–water partition coefficient (Wildman–Crippen LogP) is 3.86. The minimum Gasteiger partial charge on any atom is -0.480 e. The summed E-state index contributed by atoms with van der Waals surface area (Å²) in [7, 11) is 0. The Morgan fingerprint density at radius 1 is 1.08 bits per heavy atom. The van der Waals surface area contributed by atoms with Gasteiger partial charge in [-0.3, -0.25) is 9.59 Å². The number of esters is 1. The zero-order chi connectivity index (χ0) is 18.0. The van der Waals surface area contributed by atoms with Gasteiger partial charge in [-0.2, -0.15) is 11.8 Å². The van der Waals surface area contributed by atoms with E-state index in [0.29, 0.717) is 19.6 Å². The number of hydrogen-bond acceptors (Lipinski definition) is 5. The Bertz CT molecular complexity index is 326.